The third-order valence-corrected chi connectivity index (χ3v) is 7.99. The molecule has 0 heterocycles. The van der Waals surface area contributed by atoms with Gasteiger partial charge in [0.2, 0.25) is 0 Å². The van der Waals surface area contributed by atoms with Crippen LogP contribution in [0.4, 0.5) is 0 Å². The van der Waals surface area contributed by atoms with E-state index in [-0.39, 0.29) is 0 Å². The van der Waals surface area contributed by atoms with Crippen molar-refractivity contribution in [2.75, 3.05) is 0 Å². The van der Waals surface area contributed by atoms with E-state index in [4.69, 9.17) is 0 Å². The van der Waals surface area contributed by atoms with E-state index in [1.807, 2.05) is 0 Å². The van der Waals surface area contributed by atoms with Crippen LogP contribution in [0.1, 0.15) is 66.2 Å². The van der Waals surface area contributed by atoms with Crippen molar-refractivity contribution >= 4 is 0 Å². The van der Waals surface area contributed by atoms with Gasteiger partial charge in [-0.05, 0) is 0 Å². The molecule has 19 heavy (non-hydrogen) atoms. The van der Waals surface area contributed by atoms with Gasteiger partial charge in [-0.1, -0.05) is 0 Å². The van der Waals surface area contributed by atoms with E-state index < -0.39 is 23.2 Å². The number of hydrogen-bond donors (Lipinski definition) is 0. The first-order valence-corrected chi connectivity index (χ1v) is 10.2. The molecule has 0 fully saturated rings. The molecule has 0 spiro atoms. The van der Waals surface area contributed by atoms with Crippen molar-refractivity contribution in [3.8, 4) is 0 Å². The van der Waals surface area contributed by atoms with E-state index in [0.717, 1.165) is 0 Å². The molecule has 1 heteroatoms. The van der Waals surface area contributed by atoms with Crippen molar-refractivity contribution in [1.29, 1.82) is 0 Å². The van der Waals surface area contributed by atoms with Crippen molar-refractivity contribution in [2.45, 2.75) is 66.2 Å². The Hall–Kier alpha value is -0.157. The van der Waals surface area contributed by atoms with Crippen molar-refractivity contribution in [3.05, 3.63) is 41.0 Å². The van der Waals surface area contributed by atoms with Crippen molar-refractivity contribution < 1.29 is 23.2 Å². The Morgan fingerprint density at radius 3 is 1.63 bits per heavy atom. The van der Waals surface area contributed by atoms with Crippen LogP contribution in [0.3, 0.4) is 0 Å². The minimum atomic E-state index is -0.544. The molecule has 2 aliphatic rings. The summed E-state index contributed by atoms with van der Waals surface area (Å²) < 4.78 is 3.58. The number of hydrogen-bond acceptors (Lipinski definition) is 0. The molecular formula is C18H26Zr. The second kappa shape index (κ2) is 7.03. The van der Waals surface area contributed by atoms with Gasteiger partial charge < -0.3 is 0 Å². The van der Waals surface area contributed by atoms with Gasteiger partial charge in [0, 0.05) is 0 Å². The zero-order valence-electron chi connectivity index (χ0n) is 12.9. The van der Waals surface area contributed by atoms with E-state index >= 15 is 0 Å². The van der Waals surface area contributed by atoms with Crippen LogP contribution in [0.2, 0.25) is 0 Å². The summed E-state index contributed by atoms with van der Waals surface area (Å²) >= 11 is -0.544. The van der Waals surface area contributed by atoms with Crippen LogP contribution in [-0.4, -0.2) is 0 Å². The molecule has 0 amide bonds. The van der Waals surface area contributed by atoms with E-state index in [9.17, 15) is 0 Å². The monoisotopic (exact) mass is 332 g/mol. The zero-order valence-corrected chi connectivity index (χ0v) is 15.4. The molecule has 0 aliphatic heterocycles. The van der Waals surface area contributed by atoms with Crippen LogP contribution in [0.15, 0.2) is 41.0 Å². The molecule has 2 rings (SSSR count). The van der Waals surface area contributed by atoms with E-state index in [1.54, 1.807) is 28.9 Å². The Labute approximate surface area is 130 Å². The average Bonchev–Trinajstić information content (AvgIpc) is 2.90. The summed E-state index contributed by atoms with van der Waals surface area (Å²) in [5.41, 5.74) is 6.76. The van der Waals surface area contributed by atoms with Gasteiger partial charge >= 0.3 is 130 Å². The first kappa shape index (κ1) is 15.2. The molecule has 0 nitrogen and oxygen atoms in total. The SMILES string of the molecule is CCCC1=C(C)CC=[C]1[Zr][C]1=CCC(C)=C1CCC. The van der Waals surface area contributed by atoms with Crippen molar-refractivity contribution in [3.63, 3.8) is 0 Å². The van der Waals surface area contributed by atoms with Crippen LogP contribution in [-0.2, 0) is 23.2 Å². The molecule has 0 radical (unpaired) electrons. The fourth-order valence-corrected chi connectivity index (χ4v) is 7.18. The molecule has 2 aliphatic carbocycles. The van der Waals surface area contributed by atoms with Gasteiger partial charge in [-0.25, -0.2) is 0 Å². The molecule has 0 aromatic rings. The Bertz CT molecular complexity index is 428. The Morgan fingerprint density at radius 1 is 0.842 bits per heavy atom. The molecule has 0 saturated carbocycles. The summed E-state index contributed by atoms with van der Waals surface area (Å²) in [6.07, 6.45) is 12.7. The molecule has 0 bridgehead atoms. The van der Waals surface area contributed by atoms with Gasteiger partial charge in [0.1, 0.15) is 0 Å². The first-order valence-electron chi connectivity index (χ1n) is 7.72. The normalized spacial score (nSPS) is 19.2. The molecule has 0 N–H and O–H groups in total. The molecular weight excluding hydrogens is 307 g/mol. The van der Waals surface area contributed by atoms with Gasteiger partial charge in [0.05, 0.1) is 0 Å². The molecule has 0 atom stereocenters. The topological polar surface area (TPSA) is 0 Å². The Balaban J connectivity index is 2.11. The predicted octanol–water partition coefficient (Wildman–Crippen LogP) is 5.88. The molecule has 0 unspecified atom stereocenters. The van der Waals surface area contributed by atoms with Gasteiger partial charge in [-0.3, -0.25) is 0 Å². The van der Waals surface area contributed by atoms with Crippen LogP contribution < -0.4 is 0 Å². The van der Waals surface area contributed by atoms with Crippen LogP contribution in [0.25, 0.3) is 0 Å². The van der Waals surface area contributed by atoms with Gasteiger partial charge in [-0.15, -0.1) is 0 Å². The van der Waals surface area contributed by atoms with E-state index in [1.165, 1.54) is 38.5 Å². The second-order valence-corrected chi connectivity index (χ2v) is 9.05. The Kier molecular flexibility index (Phi) is 5.63. The predicted molar refractivity (Wildman–Crippen MR) is 80.6 cm³/mol. The maximum atomic E-state index is 2.55. The molecule has 102 valence electrons. The summed E-state index contributed by atoms with van der Waals surface area (Å²) in [6.45, 7) is 9.29. The molecule has 0 aromatic carbocycles. The quantitative estimate of drug-likeness (QED) is 0.569. The third kappa shape index (κ3) is 3.49. The summed E-state index contributed by atoms with van der Waals surface area (Å²) in [5, 5.41) is 0. The maximum absolute atomic E-state index is 2.55. The minimum absolute atomic E-state index is 0.544. The Morgan fingerprint density at radius 2 is 1.26 bits per heavy atom. The summed E-state index contributed by atoms with van der Waals surface area (Å²) in [5.74, 6) is 0. The summed E-state index contributed by atoms with van der Waals surface area (Å²) in [6, 6.07) is 0. The average molecular weight is 334 g/mol. The number of rotatable bonds is 6. The van der Waals surface area contributed by atoms with E-state index in [0.29, 0.717) is 0 Å². The third-order valence-electron chi connectivity index (χ3n) is 4.17. The zero-order chi connectivity index (χ0) is 13.8. The fraction of sp³-hybridized carbons (Fsp3) is 0.556. The molecule has 0 aromatic heterocycles. The van der Waals surface area contributed by atoms with Gasteiger partial charge in [0.15, 0.2) is 0 Å². The standard InChI is InChI=1S/2C9H13.Zr/c2*1-3-5-9-7-4-6-8(9)2;/h2*4H,3,5-6H2,1-2H3;. The fourth-order valence-electron chi connectivity index (χ4n) is 3.06. The second-order valence-electron chi connectivity index (χ2n) is 5.79. The van der Waals surface area contributed by atoms with Crippen LogP contribution in [0, 0.1) is 0 Å². The first-order chi connectivity index (χ1) is 9.17. The van der Waals surface area contributed by atoms with Gasteiger partial charge in [-0.2, -0.15) is 0 Å². The van der Waals surface area contributed by atoms with Crippen molar-refractivity contribution in [1.82, 2.24) is 0 Å². The summed E-state index contributed by atoms with van der Waals surface area (Å²) in [7, 11) is 0. The van der Waals surface area contributed by atoms with Crippen molar-refractivity contribution in [2.24, 2.45) is 0 Å². The van der Waals surface area contributed by atoms with Gasteiger partial charge in [0.25, 0.3) is 0 Å². The van der Waals surface area contributed by atoms with Crippen LogP contribution in [0.5, 0.6) is 0 Å². The number of allylic oxidation sites excluding steroid dienone is 8. The summed E-state index contributed by atoms with van der Waals surface area (Å²) in [4.78, 5) is 0. The van der Waals surface area contributed by atoms with Crippen LogP contribution >= 0.6 is 0 Å². The van der Waals surface area contributed by atoms with E-state index in [2.05, 4.69) is 39.8 Å². The molecule has 0 saturated heterocycles.